The Bertz CT molecular complexity index is 109. The number of rotatable bonds is 0. The second kappa shape index (κ2) is 5.30. The van der Waals surface area contributed by atoms with Crippen LogP contribution in [0.1, 0.15) is 34.1 Å². The lowest BCUT2D eigenvalue weighted by Gasteiger charge is -2.22. The molecule has 0 aromatic rings. The lowest BCUT2D eigenvalue weighted by atomic mass is 9.97. The van der Waals surface area contributed by atoms with Gasteiger partial charge in [-0.15, -0.1) is 0 Å². The molecule has 1 aliphatic rings. The van der Waals surface area contributed by atoms with Crippen molar-refractivity contribution in [1.29, 1.82) is 0 Å². The van der Waals surface area contributed by atoms with E-state index < -0.39 is 0 Å². The Hall–Kier alpha value is -0.370. The highest BCUT2D eigenvalue weighted by molar-refractivity contribution is 5.85. The molecular weight excluding hydrogens is 140 g/mol. The van der Waals surface area contributed by atoms with E-state index in [1.54, 1.807) is 0 Å². The molecule has 2 unspecified atom stereocenters. The molecule has 2 heteroatoms. The Balaban J connectivity index is 0.000000461. The molecule has 2 atom stereocenters. The van der Waals surface area contributed by atoms with Crippen molar-refractivity contribution in [3.63, 3.8) is 0 Å². The zero-order chi connectivity index (χ0) is 8.85. The molecule has 0 aliphatic carbocycles. The molecule has 11 heavy (non-hydrogen) atoms. The fourth-order valence-corrected chi connectivity index (χ4v) is 1.05. The average molecular weight is 158 g/mol. The zero-order valence-corrected chi connectivity index (χ0v) is 7.89. The van der Waals surface area contributed by atoms with Gasteiger partial charge in [0.05, 0.1) is 0 Å². The Morgan fingerprint density at radius 3 is 2.27 bits per heavy atom. The monoisotopic (exact) mass is 158 g/mol. The summed E-state index contributed by atoms with van der Waals surface area (Å²) >= 11 is 0. The third-order valence-electron chi connectivity index (χ3n) is 1.81. The molecule has 66 valence electrons. The molecule has 1 saturated heterocycles. The molecule has 0 saturated carbocycles. The van der Waals surface area contributed by atoms with Crippen LogP contribution >= 0.6 is 0 Å². The lowest BCUT2D eigenvalue weighted by Crippen LogP contribution is -2.32. The normalized spacial score (nSPS) is 30.7. The van der Waals surface area contributed by atoms with E-state index in [0.29, 0.717) is 0 Å². The fraction of sp³-hybridized carbons (Fsp3) is 0.889. The van der Waals surface area contributed by atoms with Gasteiger partial charge in [-0.3, -0.25) is 4.79 Å². The standard InChI is InChI=1S/C7H12O2.C2H6/c1-5-3-4-9-6(2)7(5)8;1-2/h5-6H,3-4H2,1-2H3;1-2H3. The van der Waals surface area contributed by atoms with Crippen molar-refractivity contribution >= 4 is 5.78 Å². The van der Waals surface area contributed by atoms with E-state index >= 15 is 0 Å². The topological polar surface area (TPSA) is 26.3 Å². The second-order valence-electron chi connectivity index (χ2n) is 2.61. The number of ether oxygens (including phenoxy) is 1. The van der Waals surface area contributed by atoms with E-state index in [1.165, 1.54) is 0 Å². The number of hydrogen-bond acceptors (Lipinski definition) is 2. The van der Waals surface area contributed by atoms with Crippen LogP contribution < -0.4 is 0 Å². The van der Waals surface area contributed by atoms with Crippen molar-refractivity contribution in [2.24, 2.45) is 5.92 Å². The van der Waals surface area contributed by atoms with Gasteiger partial charge in [0.2, 0.25) is 0 Å². The third-order valence-corrected chi connectivity index (χ3v) is 1.81. The number of Topliss-reactive ketones (excluding diaryl/α,β-unsaturated/α-hetero) is 1. The molecule has 0 aromatic carbocycles. The fourth-order valence-electron chi connectivity index (χ4n) is 1.05. The van der Waals surface area contributed by atoms with E-state index in [1.807, 2.05) is 27.7 Å². The summed E-state index contributed by atoms with van der Waals surface area (Å²) in [5.74, 6) is 0.468. The highest BCUT2D eigenvalue weighted by atomic mass is 16.5. The summed E-state index contributed by atoms with van der Waals surface area (Å²) in [6.07, 6.45) is 0.733. The van der Waals surface area contributed by atoms with Crippen LogP contribution in [0.15, 0.2) is 0 Å². The van der Waals surface area contributed by atoms with Gasteiger partial charge in [0, 0.05) is 12.5 Å². The first-order valence-electron chi connectivity index (χ1n) is 4.37. The molecular formula is C9H18O2. The minimum Gasteiger partial charge on any atom is -0.371 e. The first-order chi connectivity index (χ1) is 5.22. The Kier molecular flexibility index (Phi) is 5.12. The molecule has 0 amide bonds. The van der Waals surface area contributed by atoms with Crippen LogP contribution in [0.5, 0.6) is 0 Å². The molecule has 1 fully saturated rings. The van der Waals surface area contributed by atoms with Gasteiger partial charge in [0.15, 0.2) is 5.78 Å². The first kappa shape index (κ1) is 10.6. The highest BCUT2D eigenvalue weighted by Gasteiger charge is 2.24. The second-order valence-corrected chi connectivity index (χ2v) is 2.61. The summed E-state index contributed by atoms with van der Waals surface area (Å²) in [6.45, 7) is 8.52. The molecule has 0 radical (unpaired) electrons. The lowest BCUT2D eigenvalue weighted by molar-refractivity contribution is -0.139. The van der Waals surface area contributed by atoms with Crippen molar-refractivity contribution < 1.29 is 9.53 Å². The molecule has 0 N–H and O–H groups in total. The van der Waals surface area contributed by atoms with Crippen LogP contribution in [-0.4, -0.2) is 18.5 Å². The predicted octanol–water partition coefficient (Wildman–Crippen LogP) is 2.03. The minimum atomic E-state index is -0.159. The molecule has 1 rings (SSSR count). The molecule has 1 aliphatic heterocycles. The van der Waals surface area contributed by atoms with Gasteiger partial charge in [-0.2, -0.15) is 0 Å². The van der Waals surface area contributed by atoms with E-state index in [0.717, 1.165) is 13.0 Å². The van der Waals surface area contributed by atoms with Gasteiger partial charge in [0.25, 0.3) is 0 Å². The maximum atomic E-state index is 11.0. The molecule has 1 heterocycles. The van der Waals surface area contributed by atoms with E-state index in [-0.39, 0.29) is 17.8 Å². The summed E-state index contributed by atoms with van der Waals surface area (Å²) in [5, 5.41) is 0. The van der Waals surface area contributed by atoms with Gasteiger partial charge in [0.1, 0.15) is 6.10 Å². The van der Waals surface area contributed by atoms with E-state index in [2.05, 4.69) is 0 Å². The number of hydrogen-bond donors (Lipinski definition) is 0. The van der Waals surface area contributed by atoms with Gasteiger partial charge in [-0.1, -0.05) is 20.8 Å². The van der Waals surface area contributed by atoms with E-state index in [9.17, 15) is 4.79 Å². The van der Waals surface area contributed by atoms with Crippen LogP contribution in [0.2, 0.25) is 0 Å². The summed E-state index contributed by atoms with van der Waals surface area (Å²) in [6, 6.07) is 0. The van der Waals surface area contributed by atoms with Crippen molar-refractivity contribution in [1.82, 2.24) is 0 Å². The number of carbonyl (C=O) groups is 1. The van der Waals surface area contributed by atoms with Crippen molar-refractivity contribution in [3.8, 4) is 0 Å². The minimum absolute atomic E-state index is 0.159. The van der Waals surface area contributed by atoms with Gasteiger partial charge >= 0.3 is 0 Å². The summed E-state index contributed by atoms with van der Waals surface area (Å²) < 4.78 is 5.11. The van der Waals surface area contributed by atoms with Crippen LogP contribution in [-0.2, 0) is 9.53 Å². The van der Waals surface area contributed by atoms with Crippen LogP contribution in [0.4, 0.5) is 0 Å². The molecule has 0 aromatic heterocycles. The summed E-state index contributed by atoms with van der Waals surface area (Å²) in [4.78, 5) is 11.0. The van der Waals surface area contributed by atoms with Gasteiger partial charge in [-0.25, -0.2) is 0 Å². The third kappa shape index (κ3) is 3.02. The Morgan fingerprint density at radius 1 is 1.36 bits per heavy atom. The largest absolute Gasteiger partial charge is 0.371 e. The summed E-state index contributed by atoms with van der Waals surface area (Å²) in [5.41, 5.74) is 0. The highest BCUT2D eigenvalue weighted by Crippen LogP contribution is 2.14. The SMILES string of the molecule is CC.CC1CCOC(C)C1=O. The Labute approximate surface area is 68.9 Å². The molecule has 2 nitrogen and oxygen atoms in total. The number of carbonyl (C=O) groups excluding carboxylic acids is 1. The van der Waals surface area contributed by atoms with Gasteiger partial charge < -0.3 is 4.74 Å². The van der Waals surface area contributed by atoms with Crippen LogP contribution in [0.3, 0.4) is 0 Å². The number of ketones is 1. The van der Waals surface area contributed by atoms with Gasteiger partial charge in [-0.05, 0) is 13.3 Å². The molecule has 0 spiro atoms. The van der Waals surface area contributed by atoms with Crippen LogP contribution in [0, 0.1) is 5.92 Å². The Morgan fingerprint density at radius 2 is 1.91 bits per heavy atom. The van der Waals surface area contributed by atoms with E-state index in [4.69, 9.17) is 4.74 Å². The predicted molar refractivity (Wildman–Crippen MR) is 45.6 cm³/mol. The van der Waals surface area contributed by atoms with Crippen molar-refractivity contribution in [2.45, 2.75) is 40.2 Å². The summed E-state index contributed by atoms with van der Waals surface area (Å²) in [7, 11) is 0. The van der Waals surface area contributed by atoms with Crippen LogP contribution in [0.25, 0.3) is 0 Å². The smallest absolute Gasteiger partial charge is 0.164 e. The average Bonchev–Trinajstić information content (AvgIpc) is 2.04. The molecule has 0 bridgehead atoms. The quantitative estimate of drug-likeness (QED) is 0.539. The van der Waals surface area contributed by atoms with Crippen molar-refractivity contribution in [3.05, 3.63) is 0 Å². The maximum Gasteiger partial charge on any atom is 0.164 e. The maximum absolute atomic E-state index is 11.0. The zero-order valence-electron chi connectivity index (χ0n) is 7.89. The van der Waals surface area contributed by atoms with Crippen molar-refractivity contribution in [2.75, 3.05) is 6.61 Å². The first-order valence-corrected chi connectivity index (χ1v) is 4.37.